The highest BCUT2D eigenvalue weighted by Gasteiger charge is 2.17. The van der Waals surface area contributed by atoms with Gasteiger partial charge in [0.05, 0.1) is 5.56 Å². The highest BCUT2D eigenvalue weighted by Crippen LogP contribution is 2.07. The molecule has 0 aromatic heterocycles. The van der Waals surface area contributed by atoms with Crippen molar-refractivity contribution in [3.63, 3.8) is 0 Å². The number of rotatable bonds is 7. The van der Waals surface area contributed by atoms with E-state index in [0.29, 0.717) is 11.5 Å². The fourth-order valence-corrected chi connectivity index (χ4v) is 1.68. The van der Waals surface area contributed by atoms with Crippen LogP contribution in [0.4, 0.5) is 0 Å². The first kappa shape index (κ1) is 15.7. The molecule has 0 unspecified atom stereocenters. The minimum Gasteiger partial charge on any atom is -0.457 e. The average molecular weight is 263 g/mol. The topological polar surface area (TPSA) is 38.3 Å². The Morgan fingerprint density at radius 3 is 2.37 bits per heavy atom. The van der Waals surface area contributed by atoms with Crippen LogP contribution in [0.25, 0.3) is 0 Å². The van der Waals surface area contributed by atoms with Gasteiger partial charge in [0.15, 0.2) is 0 Å². The lowest BCUT2D eigenvalue weighted by atomic mass is 10.1. The molecule has 3 heteroatoms. The van der Waals surface area contributed by atoms with Crippen LogP contribution in [-0.4, -0.2) is 24.7 Å². The molecule has 0 radical (unpaired) electrons. The lowest BCUT2D eigenvalue weighted by molar-refractivity contribution is 0.0267. The quantitative estimate of drug-likeness (QED) is 0.767. The number of carbonyl (C=O) groups is 1. The number of ether oxygens (including phenoxy) is 1. The van der Waals surface area contributed by atoms with Crippen molar-refractivity contribution in [3.05, 3.63) is 35.9 Å². The molecule has 0 amide bonds. The molecule has 0 saturated heterocycles. The number of carbonyl (C=O) groups excluding carboxylic acids is 1. The van der Waals surface area contributed by atoms with E-state index in [0.717, 1.165) is 13.0 Å². The summed E-state index contributed by atoms with van der Waals surface area (Å²) < 4.78 is 5.45. The molecule has 0 bridgehead atoms. The lowest BCUT2D eigenvalue weighted by Crippen LogP contribution is -2.39. The van der Waals surface area contributed by atoms with Gasteiger partial charge in [0.2, 0.25) is 0 Å². The van der Waals surface area contributed by atoms with Gasteiger partial charge in [-0.2, -0.15) is 0 Å². The molecule has 0 heterocycles. The standard InChI is InChI=1S/C16H25NO2/c1-12(2)10-11-17-13(3)14(4)19-16(18)15-8-6-5-7-9-15/h5-9,12-14,17H,10-11H2,1-4H3/t13-,14+/m0/s1. The Bertz CT molecular complexity index is 376. The maximum Gasteiger partial charge on any atom is 0.338 e. The molecule has 1 aromatic carbocycles. The zero-order valence-corrected chi connectivity index (χ0v) is 12.3. The third-order valence-corrected chi connectivity index (χ3v) is 3.19. The minimum absolute atomic E-state index is 0.139. The maximum absolute atomic E-state index is 11.9. The summed E-state index contributed by atoms with van der Waals surface area (Å²) in [6.07, 6.45) is 0.990. The Balaban J connectivity index is 2.37. The molecule has 0 aliphatic carbocycles. The van der Waals surface area contributed by atoms with Gasteiger partial charge in [-0.1, -0.05) is 32.0 Å². The molecule has 0 spiro atoms. The first-order chi connectivity index (χ1) is 9.00. The number of esters is 1. The number of nitrogens with one attached hydrogen (secondary N) is 1. The van der Waals surface area contributed by atoms with Gasteiger partial charge >= 0.3 is 5.97 Å². The Morgan fingerprint density at radius 2 is 1.79 bits per heavy atom. The van der Waals surface area contributed by atoms with Crippen molar-refractivity contribution in [2.75, 3.05) is 6.54 Å². The van der Waals surface area contributed by atoms with E-state index < -0.39 is 0 Å². The first-order valence-electron chi connectivity index (χ1n) is 7.00. The molecule has 1 N–H and O–H groups in total. The van der Waals surface area contributed by atoms with E-state index >= 15 is 0 Å². The number of benzene rings is 1. The fraction of sp³-hybridized carbons (Fsp3) is 0.562. The molecule has 1 aromatic rings. The lowest BCUT2D eigenvalue weighted by Gasteiger charge is -2.22. The first-order valence-corrected chi connectivity index (χ1v) is 7.00. The summed E-state index contributed by atoms with van der Waals surface area (Å²) in [4.78, 5) is 11.9. The molecule has 0 aliphatic heterocycles. The van der Waals surface area contributed by atoms with Crippen molar-refractivity contribution in [3.8, 4) is 0 Å². The van der Waals surface area contributed by atoms with E-state index in [-0.39, 0.29) is 18.1 Å². The van der Waals surface area contributed by atoms with E-state index in [9.17, 15) is 4.79 Å². The molecule has 1 rings (SSSR count). The van der Waals surface area contributed by atoms with E-state index in [2.05, 4.69) is 19.2 Å². The van der Waals surface area contributed by atoms with Crippen LogP contribution in [0.5, 0.6) is 0 Å². The van der Waals surface area contributed by atoms with Crippen LogP contribution < -0.4 is 5.32 Å². The molecular weight excluding hydrogens is 238 g/mol. The Labute approximate surface area is 116 Å². The van der Waals surface area contributed by atoms with Crippen molar-refractivity contribution in [1.82, 2.24) is 5.32 Å². The van der Waals surface area contributed by atoms with Crippen LogP contribution in [0.1, 0.15) is 44.5 Å². The van der Waals surface area contributed by atoms with Crippen LogP contribution in [-0.2, 0) is 4.74 Å². The average Bonchev–Trinajstić information content (AvgIpc) is 2.39. The highest BCUT2D eigenvalue weighted by atomic mass is 16.5. The van der Waals surface area contributed by atoms with E-state index in [1.807, 2.05) is 32.0 Å². The second kappa shape index (κ2) is 7.95. The zero-order valence-electron chi connectivity index (χ0n) is 12.3. The van der Waals surface area contributed by atoms with Crippen molar-refractivity contribution in [2.24, 2.45) is 5.92 Å². The van der Waals surface area contributed by atoms with Gasteiger partial charge in [0.1, 0.15) is 6.10 Å². The van der Waals surface area contributed by atoms with Crippen LogP contribution in [0.3, 0.4) is 0 Å². The summed E-state index contributed by atoms with van der Waals surface area (Å²) in [5, 5.41) is 3.39. The predicted octanol–water partition coefficient (Wildman–Crippen LogP) is 3.26. The maximum atomic E-state index is 11.9. The molecular formula is C16H25NO2. The number of hydrogen-bond donors (Lipinski definition) is 1. The molecule has 0 aliphatic rings. The summed E-state index contributed by atoms with van der Waals surface area (Å²) in [6, 6.07) is 9.26. The molecule has 106 valence electrons. The normalized spacial score (nSPS) is 14.2. The second-order valence-electron chi connectivity index (χ2n) is 5.40. The van der Waals surface area contributed by atoms with Crippen LogP contribution in [0.2, 0.25) is 0 Å². The third-order valence-electron chi connectivity index (χ3n) is 3.19. The summed E-state index contributed by atoms with van der Waals surface area (Å²) in [7, 11) is 0. The largest absolute Gasteiger partial charge is 0.457 e. The van der Waals surface area contributed by atoms with Gasteiger partial charge in [0.25, 0.3) is 0 Å². The smallest absolute Gasteiger partial charge is 0.338 e. The predicted molar refractivity (Wildman–Crippen MR) is 78.2 cm³/mol. The third kappa shape index (κ3) is 5.88. The van der Waals surface area contributed by atoms with E-state index in [1.165, 1.54) is 0 Å². The second-order valence-corrected chi connectivity index (χ2v) is 5.40. The zero-order chi connectivity index (χ0) is 14.3. The summed E-state index contributed by atoms with van der Waals surface area (Å²) in [6.45, 7) is 9.32. The van der Waals surface area contributed by atoms with Gasteiger partial charge in [-0.15, -0.1) is 0 Å². The fourth-order valence-electron chi connectivity index (χ4n) is 1.68. The molecule has 2 atom stereocenters. The highest BCUT2D eigenvalue weighted by molar-refractivity contribution is 5.89. The molecule has 0 fully saturated rings. The summed E-state index contributed by atoms with van der Waals surface area (Å²) >= 11 is 0. The number of hydrogen-bond acceptors (Lipinski definition) is 3. The van der Waals surface area contributed by atoms with Crippen LogP contribution >= 0.6 is 0 Å². The Kier molecular flexibility index (Phi) is 6.57. The summed E-state index contributed by atoms with van der Waals surface area (Å²) in [5.74, 6) is 0.424. The molecule has 0 saturated carbocycles. The monoisotopic (exact) mass is 263 g/mol. The van der Waals surface area contributed by atoms with Gasteiger partial charge in [-0.05, 0) is 44.9 Å². The van der Waals surface area contributed by atoms with Gasteiger partial charge in [-0.3, -0.25) is 0 Å². The van der Waals surface area contributed by atoms with Crippen LogP contribution in [0, 0.1) is 5.92 Å². The Hall–Kier alpha value is -1.35. The van der Waals surface area contributed by atoms with Crippen molar-refractivity contribution in [2.45, 2.75) is 46.3 Å². The van der Waals surface area contributed by atoms with Gasteiger partial charge in [0, 0.05) is 6.04 Å². The SMILES string of the molecule is CC(C)CCN[C@@H](C)[C@@H](C)OC(=O)c1ccccc1. The van der Waals surface area contributed by atoms with Gasteiger partial charge < -0.3 is 10.1 Å². The van der Waals surface area contributed by atoms with Crippen molar-refractivity contribution < 1.29 is 9.53 Å². The van der Waals surface area contributed by atoms with Crippen LogP contribution in [0.15, 0.2) is 30.3 Å². The van der Waals surface area contributed by atoms with E-state index in [4.69, 9.17) is 4.74 Å². The van der Waals surface area contributed by atoms with E-state index in [1.54, 1.807) is 12.1 Å². The minimum atomic E-state index is -0.259. The van der Waals surface area contributed by atoms with Gasteiger partial charge in [-0.25, -0.2) is 4.79 Å². The summed E-state index contributed by atoms with van der Waals surface area (Å²) in [5.41, 5.74) is 0.601. The van der Waals surface area contributed by atoms with Crippen molar-refractivity contribution >= 4 is 5.97 Å². The molecule has 3 nitrogen and oxygen atoms in total. The van der Waals surface area contributed by atoms with Crippen molar-refractivity contribution in [1.29, 1.82) is 0 Å². The Morgan fingerprint density at radius 1 is 1.16 bits per heavy atom. The molecule has 19 heavy (non-hydrogen) atoms.